The summed E-state index contributed by atoms with van der Waals surface area (Å²) in [5.41, 5.74) is -0.241. The van der Waals surface area contributed by atoms with E-state index in [4.69, 9.17) is 0 Å². The van der Waals surface area contributed by atoms with E-state index in [-0.39, 0.29) is 5.54 Å². The van der Waals surface area contributed by atoms with Gasteiger partial charge >= 0.3 is 0 Å². The fraction of sp³-hybridized carbons (Fsp3) is 0.917. The van der Waals surface area contributed by atoms with Gasteiger partial charge in [-0.25, -0.2) is 0 Å². The van der Waals surface area contributed by atoms with Gasteiger partial charge in [0.15, 0.2) is 0 Å². The fourth-order valence-corrected chi connectivity index (χ4v) is 2.54. The molecule has 0 amide bonds. The van der Waals surface area contributed by atoms with Crippen LogP contribution in [0.3, 0.4) is 0 Å². The monoisotopic (exact) mass is 209 g/mol. The molecule has 3 heteroatoms. The lowest BCUT2D eigenvalue weighted by molar-refractivity contribution is 0.263. The first-order valence-electron chi connectivity index (χ1n) is 5.97. The van der Waals surface area contributed by atoms with Gasteiger partial charge in [0, 0.05) is 0 Å². The Bertz CT molecular complexity index is 234. The van der Waals surface area contributed by atoms with E-state index < -0.39 is 0 Å². The molecule has 3 nitrogen and oxygen atoms in total. The largest absolute Gasteiger partial charge is 0.307 e. The highest BCUT2D eigenvalue weighted by Gasteiger charge is 2.41. The second-order valence-electron chi connectivity index (χ2n) is 4.61. The van der Waals surface area contributed by atoms with Crippen molar-refractivity contribution >= 4 is 0 Å². The van der Waals surface area contributed by atoms with Crippen molar-refractivity contribution in [3.05, 3.63) is 0 Å². The molecule has 0 heterocycles. The average molecular weight is 209 g/mol. The number of nitrogens with one attached hydrogen (secondary N) is 1. The molecule has 2 atom stereocenters. The Morgan fingerprint density at radius 2 is 2.33 bits per heavy atom. The van der Waals surface area contributed by atoms with Crippen LogP contribution in [-0.2, 0) is 0 Å². The zero-order chi connectivity index (χ0) is 11.3. The van der Waals surface area contributed by atoms with E-state index in [9.17, 15) is 5.26 Å². The maximum Gasteiger partial charge on any atom is 0.109 e. The quantitative estimate of drug-likeness (QED) is 0.747. The molecule has 1 fully saturated rings. The van der Waals surface area contributed by atoms with Crippen LogP contribution in [0.4, 0.5) is 0 Å². The van der Waals surface area contributed by atoms with Gasteiger partial charge in [0.2, 0.25) is 0 Å². The van der Waals surface area contributed by atoms with Crippen molar-refractivity contribution < 1.29 is 0 Å². The fourth-order valence-electron chi connectivity index (χ4n) is 2.54. The summed E-state index contributed by atoms with van der Waals surface area (Å²) >= 11 is 0. The Morgan fingerprint density at radius 3 is 2.87 bits per heavy atom. The molecule has 86 valence electrons. The molecular formula is C12H23N3. The second-order valence-corrected chi connectivity index (χ2v) is 4.61. The maximum absolute atomic E-state index is 9.28. The van der Waals surface area contributed by atoms with E-state index >= 15 is 0 Å². The predicted molar refractivity (Wildman–Crippen MR) is 62.5 cm³/mol. The van der Waals surface area contributed by atoms with Gasteiger partial charge in [-0.3, -0.25) is 0 Å². The van der Waals surface area contributed by atoms with Crippen LogP contribution in [0.5, 0.6) is 0 Å². The van der Waals surface area contributed by atoms with Crippen LogP contribution >= 0.6 is 0 Å². The lowest BCUT2D eigenvalue weighted by Gasteiger charge is -2.29. The lowest BCUT2D eigenvalue weighted by Crippen LogP contribution is -2.45. The number of hydrogen-bond donors (Lipinski definition) is 1. The molecule has 1 saturated carbocycles. The van der Waals surface area contributed by atoms with Crippen LogP contribution in [0, 0.1) is 17.2 Å². The zero-order valence-electron chi connectivity index (χ0n) is 10.2. The summed E-state index contributed by atoms with van der Waals surface area (Å²) < 4.78 is 0. The minimum absolute atomic E-state index is 0.241. The van der Waals surface area contributed by atoms with Gasteiger partial charge in [0.25, 0.3) is 0 Å². The van der Waals surface area contributed by atoms with Gasteiger partial charge in [0.05, 0.1) is 6.07 Å². The van der Waals surface area contributed by atoms with E-state index in [1.807, 2.05) is 7.05 Å². The molecule has 1 N–H and O–H groups in total. The van der Waals surface area contributed by atoms with E-state index in [2.05, 4.69) is 30.3 Å². The number of rotatable bonds is 5. The van der Waals surface area contributed by atoms with Crippen LogP contribution < -0.4 is 5.32 Å². The van der Waals surface area contributed by atoms with Gasteiger partial charge < -0.3 is 10.2 Å². The third kappa shape index (κ3) is 2.70. The summed E-state index contributed by atoms with van der Waals surface area (Å²) in [5, 5.41) is 12.5. The van der Waals surface area contributed by atoms with Crippen molar-refractivity contribution in [2.75, 3.05) is 27.2 Å². The first-order valence-corrected chi connectivity index (χ1v) is 5.97. The Kier molecular flexibility index (Phi) is 4.56. The van der Waals surface area contributed by atoms with Crippen molar-refractivity contribution in [1.82, 2.24) is 10.2 Å². The van der Waals surface area contributed by atoms with Gasteiger partial charge in [0.1, 0.15) is 5.54 Å². The van der Waals surface area contributed by atoms with Crippen molar-refractivity contribution in [3.8, 4) is 6.07 Å². The highest BCUT2D eigenvalue weighted by molar-refractivity contribution is 5.13. The number of nitrogens with zero attached hydrogens (tertiary/aromatic N) is 2. The zero-order valence-corrected chi connectivity index (χ0v) is 10.2. The van der Waals surface area contributed by atoms with Crippen molar-refractivity contribution in [3.63, 3.8) is 0 Å². The summed E-state index contributed by atoms with van der Waals surface area (Å²) in [6, 6.07) is 2.49. The highest BCUT2D eigenvalue weighted by atomic mass is 15.1. The second kappa shape index (κ2) is 5.48. The van der Waals surface area contributed by atoms with Gasteiger partial charge in [-0.15, -0.1) is 0 Å². The molecule has 0 spiro atoms. The molecule has 0 aliphatic heterocycles. The Labute approximate surface area is 93.5 Å². The Hall–Kier alpha value is -0.590. The van der Waals surface area contributed by atoms with E-state index in [1.54, 1.807) is 0 Å². The number of nitriles is 1. The molecule has 15 heavy (non-hydrogen) atoms. The third-order valence-electron chi connectivity index (χ3n) is 3.87. The molecule has 0 aromatic rings. The third-order valence-corrected chi connectivity index (χ3v) is 3.87. The minimum atomic E-state index is -0.241. The smallest absolute Gasteiger partial charge is 0.109 e. The van der Waals surface area contributed by atoms with Gasteiger partial charge in [-0.2, -0.15) is 5.26 Å². The standard InChI is InChI=1S/C12H23N3/c1-4-15(3)9-7-11-6-5-8-12(11,10-13)14-2/h11,14H,4-9H2,1-3H3. The number of hydrogen-bond acceptors (Lipinski definition) is 3. The molecule has 1 aliphatic carbocycles. The van der Waals surface area contributed by atoms with E-state index in [0.29, 0.717) is 5.92 Å². The maximum atomic E-state index is 9.28. The average Bonchev–Trinajstić information content (AvgIpc) is 2.69. The Balaban J connectivity index is 2.50. The first kappa shape index (κ1) is 12.5. The molecule has 1 aliphatic rings. The summed E-state index contributed by atoms with van der Waals surface area (Å²) in [6.07, 6.45) is 4.54. The highest BCUT2D eigenvalue weighted by Crippen LogP contribution is 2.37. The molecule has 2 unspecified atom stereocenters. The molecule has 1 rings (SSSR count). The van der Waals surface area contributed by atoms with Crippen LogP contribution in [0.25, 0.3) is 0 Å². The Morgan fingerprint density at radius 1 is 1.60 bits per heavy atom. The van der Waals surface area contributed by atoms with E-state index in [0.717, 1.165) is 25.9 Å². The summed E-state index contributed by atoms with van der Waals surface area (Å²) in [5.74, 6) is 0.529. The van der Waals surface area contributed by atoms with Crippen LogP contribution in [0.2, 0.25) is 0 Å². The molecule has 0 bridgehead atoms. The van der Waals surface area contributed by atoms with Crippen LogP contribution in [0.1, 0.15) is 32.6 Å². The molecule has 0 saturated heterocycles. The van der Waals surface area contributed by atoms with Crippen LogP contribution in [0.15, 0.2) is 0 Å². The van der Waals surface area contributed by atoms with Crippen molar-refractivity contribution in [2.45, 2.75) is 38.1 Å². The molecular weight excluding hydrogens is 186 g/mol. The lowest BCUT2D eigenvalue weighted by atomic mass is 9.86. The molecule has 0 radical (unpaired) electrons. The van der Waals surface area contributed by atoms with Gasteiger partial charge in [-0.05, 0) is 52.4 Å². The van der Waals surface area contributed by atoms with Crippen molar-refractivity contribution in [1.29, 1.82) is 5.26 Å². The minimum Gasteiger partial charge on any atom is -0.307 e. The predicted octanol–water partition coefficient (Wildman–Crippen LogP) is 1.61. The summed E-state index contributed by atoms with van der Waals surface area (Å²) in [6.45, 7) is 4.36. The molecule has 0 aromatic carbocycles. The SMILES string of the molecule is CCN(C)CCC1CCCC1(C#N)NC. The summed E-state index contributed by atoms with van der Waals surface area (Å²) in [4.78, 5) is 2.32. The van der Waals surface area contributed by atoms with E-state index in [1.165, 1.54) is 12.8 Å². The first-order chi connectivity index (χ1) is 7.18. The van der Waals surface area contributed by atoms with Gasteiger partial charge in [-0.1, -0.05) is 13.3 Å². The molecule has 0 aromatic heterocycles. The topological polar surface area (TPSA) is 39.1 Å². The summed E-state index contributed by atoms with van der Waals surface area (Å²) in [7, 11) is 4.06. The van der Waals surface area contributed by atoms with Crippen molar-refractivity contribution in [2.24, 2.45) is 5.92 Å². The van der Waals surface area contributed by atoms with Crippen LogP contribution in [-0.4, -0.2) is 37.6 Å². The normalized spacial score (nSPS) is 30.7.